The Morgan fingerprint density at radius 3 is 2.86 bits per heavy atom. The number of amides is 1. The van der Waals surface area contributed by atoms with Gasteiger partial charge in [0.1, 0.15) is 11.9 Å². The van der Waals surface area contributed by atoms with E-state index in [1.165, 1.54) is 0 Å². The Morgan fingerprint density at radius 2 is 2.23 bits per heavy atom. The Balaban J connectivity index is 2.01. The van der Waals surface area contributed by atoms with Crippen molar-refractivity contribution >= 4 is 23.2 Å². The van der Waals surface area contributed by atoms with Gasteiger partial charge >= 0.3 is 0 Å². The van der Waals surface area contributed by atoms with Crippen molar-refractivity contribution in [1.82, 2.24) is 4.98 Å². The third kappa shape index (κ3) is 2.28. The van der Waals surface area contributed by atoms with Crippen LogP contribution in [0.15, 0.2) is 18.3 Å². The first-order valence-corrected chi connectivity index (χ1v) is 8.14. The van der Waals surface area contributed by atoms with Crippen molar-refractivity contribution in [3.05, 3.63) is 18.3 Å². The summed E-state index contributed by atoms with van der Waals surface area (Å²) in [5, 5.41) is 8.57. The maximum atomic E-state index is 12.8. The highest BCUT2D eigenvalue weighted by atomic mass is 16.2. The van der Waals surface area contributed by atoms with E-state index in [2.05, 4.69) is 18.8 Å². The number of nitrogens with zero attached hydrogens (tertiary/aromatic N) is 3. The van der Waals surface area contributed by atoms with Gasteiger partial charge in [-0.3, -0.25) is 10.2 Å². The fraction of sp³-hybridized carbons (Fsp3) is 0.588. The van der Waals surface area contributed by atoms with Crippen LogP contribution in [0.2, 0.25) is 0 Å². The summed E-state index contributed by atoms with van der Waals surface area (Å²) in [6.45, 7) is 6.83. The molecule has 1 fully saturated rings. The van der Waals surface area contributed by atoms with E-state index in [0.717, 1.165) is 43.7 Å². The van der Waals surface area contributed by atoms with E-state index in [-0.39, 0.29) is 17.4 Å². The Kier molecular flexibility index (Phi) is 3.67. The number of aromatic nitrogens is 1. The van der Waals surface area contributed by atoms with Crippen LogP contribution in [-0.4, -0.2) is 29.3 Å². The summed E-state index contributed by atoms with van der Waals surface area (Å²) in [7, 11) is 0. The SMILES string of the molecule is CCCCN1C(=O)C(C)N(C(=N)C2(C)CC2)c2ncccc21. The number of nitrogens with one attached hydrogen (secondary N) is 1. The van der Waals surface area contributed by atoms with Crippen LogP contribution in [-0.2, 0) is 4.79 Å². The molecule has 0 aromatic carbocycles. The zero-order chi connectivity index (χ0) is 15.9. The normalized spacial score (nSPS) is 22.5. The zero-order valence-corrected chi connectivity index (χ0v) is 13.6. The van der Waals surface area contributed by atoms with Crippen LogP contribution in [0.3, 0.4) is 0 Å². The molecule has 1 aromatic rings. The van der Waals surface area contributed by atoms with Crippen LogP contribution in [0.4, 0.5) is 11.5 Å². The number of hydrogen-bond acceptors (Lipinski definition) is 3. The van der Waals surface area contributed by atoms with Crippen LogP contribution in [0, 0.1) is 10.8 Å². The van der Waals surface area contributed by atoms with Crippen molar-refractivity contribution in [1.29, 1.82) is 5.41 Å². The molecule has 5 nitrogen and oxygen atoms in total. The molecule has 22 heavy (non-hydrogen) atoms. The van der Waals surface area contributed by atoms with Gasteiger partial charge in [-0.1, -0.05) is 20.3 Å². The average molecular weight is 300 g/mol. The standard InChI is InChI=1S/C17H24N4O/c1-4-5-11-20-13-7-6-10-19-14(13)21(12(2)15(20)22)16(18)17(3)8-9-17/h6-7,10,12,18H,4-5,8-9,11H2,1-3H3. The molecular formula is C17H24N4O. The first kappa shape index (κ1) is 15.0. The van der Waals surface area contributed by atoms with Gasteiger partial charge in [-0.15, -0.1) is 0 Å². The fourth-order valence-corrected chi connectivity index (χ4v) is 2.98. The van der Waals surface area contributed by atoms with E-state index in [9.17, 15) is 4.79 Å². The maximum absolute atomic E-state index is 12.8. The predicted molar refractivity (Wildman–Crippen MR) is 88.5 cm³/mol. The molecule has 118 valence electrons. The minimum absolute atomic E-state index is 0.0722. The summed E-state index contributed by atoms with van der Waals surface area (Å²) in [6, 6.07) is 3.45. The Morgan fingerprint density at radius 1 is 1.50 bits per heavy atom. The second-order valence-electron chi connectivity index (χ2n) is 6.64. The summed E-state index contributed by atoms with van der Waals surface area (Å²) >= 11 is 0. The third-order valence-corrected chi connectivity index (χ3v) is 4.84. The number of pyridine rings is 1. The molecule has 1 N–H and O–H groups in total. The number of carbonyl (C=O) groups excluding carboxylic acids is 1. The highest BCUT2D eigenvalue weighted by Crippen LogP contribution is 2.49. The van der Waals surface area contributed by atoms with Crippen molar-refractivity contribution in [2.24, 2.45) is 5.41 Å². The molecule has 1 unspecified atom stereocenters. The summed E-state index contributed by atoms with van der Waals surface area (Å²) < 4.78 is 0. The molecule has 1 saturated carbocycles. The molecule has 1 aliphatic heterocycles. The number of fused-ring (bicyclic) bond motifs is 1. The second kappa shape index (κ2) is 5.38. The minimum Gasteiger partial charge on any atom is -0.307 e. The van der Waals surface area contributed by atoms with E-state index in [1.807, 2.05) is 28.9 Å². The van der Waals surface area contributed by atoms with Crippen molar-refractivity contribution in [2.45, 2.75) is 52.5 Å². The summed E-state index contributed by atoms with van der Waals surface area (Å²) in [5.74, 6) is 1.36. The lowest BCUT2D eigenvalue weighted by Gasteiger charge is -2.41. The first-order chi connectivity index (χ1) is 10.5. The molecule has 3 rings (SSSR count). The van der Waals surface area contributed by atoms with Crippen LogP contribution in [0.1, 0.15) is 46.5 Å². The number of anilines is 2. The van der Waals surface area contributed by atoms with Gasteiger partial charge in [-0.05, 0) is 38.3 Å². The molecule has 2 heterocycles. The Hall–Kier alpha value is -1.91. The molecular weight excluding hydrogens is 276 g/mol. The molecule has 0 bridgehead atoms. The molecule has 0 saturated heterocycles. The lowest BCUT2D eigenvalue weighted by molar-refractivity contribution is -0.119. The molecule has 1 atom stereocenters. The van der Waals surface area contributed by atoms with Crippen LogP contribution < -0.4 is 9.80 Å². The summed E-state index contributed by atoms with van der Waals surface area (Å²) in [6.07, 6.45) is 5.80. The molecule has 1 aliphatic carbocycles. The van der Waals surface area contributed by atoms with Crippen LogP contribution >= 0.6 is 0 Å². The van der Waals surface area contributed by atoms with Crippen molar-refractivity contribution in [3.63, 3.8) is 0 Å². The topological polar surface area (TPSA) is 60.3 Å². The maximum Gasteiger partial charge on any atom is 0.249 e. The second-order valence-corrected chi connectivity index (χ2v) is 6.64. The lowest BCUT2D eigenvalue weighted by Crippen LogP contribution is -2.56. The third-order valence-electron chi connectivity index (χ3n) is 4.84. The van der Waals surface area contributed by atoms with Crippen molar-refractivity contribution < 1.29 is 4.79 Å². The quantitative estimate of drug-likeness (QED) is 0.686. The molecule has 0 radical (unpaired) electrons. The highest BCUT2D eigenvalue weighted by molar-refractivity contribution is 6.14. The van der Waals surface area contributed by atoms with Gasteiger partial charge in [0.2, 0.25) is 5.91 Å². The van der Waals surface area contributed by atoms with E-state index in [0.29, 0.717) is 5.84 Å². The number of rotatable bonds is 4. The van der Waals surface area contributed by atoms with E-state index >= 15 is 0 Å². The van der Waals surface area contributed by atoms with Crippen LogP contribution in [0.25, 0.3) is 0 Å². The largest absolute Gasteiger partial charge is 0.307 e. The number of carbonyl (C=O) groups is 1. The average Bonchev–Trinajstić information content (AvgIpc) is 3.27. The highest BCUT2D eigenvalue weighted by Gasteiger charge is 2.49. The summed E-state index contributed by atoms with van der Waals surface area (Å²) in [5.41, 5.74) is 0.752. The number of hydrogen-bond donors (Lipinski definition) is 1. The number of unbranched alkanes of at least 4 members (excludes halogenated alkanes) is 1. The van der Waals surface area contributed by atoms with E-state index < -0.39 is 0 Å². The fourth-order valence-electron chi connectivity index (χ4n) is 2.98. The number of amidine groups is 1. The molecule has 2 aliphatic rings. The van der Waals surface area contributed by atoms with Gasteiger partial charge in [-0.25, -0.2) is 4.98 Å². The molecule has 0 spiro atoms. The zero-order valence-electron chi connectivity index (χ0n) is 13.6. The van der Waals surface area contributed by atoms with Crippen LogP contribution in [0.5, 0.6) is 0 Å². The molecule has 1 aromatic heterocycles. The smallest absolute Gasteiger partial charge is 0.249 e. The van der Waals surface area contributed by atoms with Gasteiger partial charge in [0.05, 0.1) is 5.69 Å². The summed E-state index contributed by atoms with van der Waals surface area (Å²) in [4.78, 5) is 21.0. The molecule has 5 heteroatoms. The van der Waals surface area contributed by atoms with Gasteiger partial charge in [0.15, 0.2) is 5.82 Å². The van der Waals surface area contributed by atoms with Gasteiger partial charge in [0, 0.05) is 18.2 Å². The predicted octanol–water partition coefficient (Wildman–Crippen LogP) is 3.20. The minimum atomic E-state index is -0.357. The first-order valence-electron chi connectivity index (χ1n) is 8.14. The van der Waals surface area contributed by atoms with E-state index in [4.69, 9.17) is 5.41 Å². The van der Waals surface area contributed by atoms with Crippen molar-refractivity contribution in [2.75, 3.05) is 16.3 Å². The molecule has 1 amide bonds. The van der Waals surface area contributed by atoms with Gasteiger partial charge in [-0.2, -0.15) is 0 Å². The Labute approximate surface area is 131 Å². The van der Waals surface area contributed by atoms with Gasteiger partial charge in [0.25, 0.3) is 0 Å². The monoisotopic (exact) mass is 300 g/mol. The van der Waals surface area contributed by atoms with Crippen molar-refractivity contribution in [3.8, 4) is 0 Å². The van der Waals surface area contributed by atoms with E-state index in [1.54, 1.807) is 6.20 Å². The Bertz CT molecular complexity index is 608. The lowest BCUT2D eigenvalue weighted by atomic mass is 10.0. The van der Waals surface area contributed by atoms with Gasteiger partial charge < -0.3 is 9.80 Å².